The van der Waals surface area contributed by atoms with E-state index in [-0.39, 0.29) is 0 Å². The number of nitrogens with one attached hydrogen (secondary N) is 1. The molecule has 2 rings (SSSR count). The highest BCUT2D eigenvalue weighted by atomic mass is 16.5. The van der Waals surface area contributed by atoms with E-state index in [0.29, 0.717) is 6.04 Å². The van der Waals surface area contributed by atoms with Gasteiger partial charge >= 0.3 is 0 Å². The molecule has 1 aliphatic rings. The molecule has 0 spiro atoms. The van der Waals surface area contributed by atoms with E-state index < -0.39 is 0 Å². The molecule has 1 fully saturated rings. The second-order valence-electron chi connectivity index (χ2n) is 4.81. The predicted octanol–water partition coefficient (Wildman–Crippen LogP) is 2.97. The van der Waals surface area contributed by atoms with Gasteiger partial charge in [0, 0.05) is 18.2 Å². The van der Waals surface area contributed by atoms with Crippen LogP contribution in [-0.2, 0) is 6.54 Å². The average molecular weight is 219 g/mol. The molecule has 0 aromatic heterocycles. The molecule has 16 heavy (non-hydrogen) atoms. The summed E-state index contributed by atoms with van der Waals surface area (Å²) in [6, 6.07) is 8.93. The first-order valence-electron chi connectivity index (χ1n) is 6.15. The zero-order valence-corrected chi connectivity index (χ0v) is 10.2. The minimum atomic E-state index is 0.694. The fraction of sp³-hybridized carbons (Fsp3) is 0.571. The Labute approximate surface area is 98.0 Å². The monoisotopic (exact) mass is 219 g/mol. The maximum atomic E-state index is 5.34. The van der Waals surface area contributed by atoms with E-state index in [1.54, 1.807) is 7.11 Å². The lowest BCUT2D eigenvalue weighted by Crippen LogP contribution is -2.25. The van der Waals surface area contributed by atoms with Crippen LogP contribution in [-0.4, -0.2) is 13.2 Å². The van der Waals surface area contributed by atoms with Crippen LogP contribution in [0.25, 0.3) is 0 Å². The standard InChI is InChI=1S/C14H21NO/c1-11-7-8-13(9-11)15-10-12-5-3-4-6-14(12)16-2/h3-6,11,13,15H,7-10H2,1-2H3/t11-,13-/m1/s1. The molecule has 0 aliphatic heterocycles. The third-order valence-electron chi connectivity index (χ3n) is 3.47. The normalized spacial score (nSPS) is 24.6. The van der Waals surface area contributed by atoms with E-state index in [2.05, 4.69) is 24.4 Å². The maximum Gasteiger partial charge on any atom is 0.123 e. The Hall–Kier alpha value is -1.02. The lowest BCUT2D eigenvalue weighted by atomic mass is 10.1. The molecule has 1 aromatic carbocycles. The molecule has 0 unspecified atom stereocenters. The number of ether oxygens (including phenoxy) is 1. The van der Waals surface area contributed by atoms with Crippen molar-refractivity contribution in [3.05, 3.63) is 29.8 Å². The first-order valence-corrected chi connectivity index (χ1v) is 6.15. The molecular formula is C14H21NO. The maximum absolute atomic E-state index is 5.34. The topological polar surface area (TPSA) is 21.3 Å². The van der Waals surface area contributed by atoms with Gasteiger partial charge in [-0.15, -0.1) is 0 Å². The van der Waals surface area contributed by atoms with Gasteiger partial charge in [0.25, 0.3) is 0 Å². The smallest absolute Gasteiger partial charge is 0.123 e. The Balaban J connectivity index is 1.89. The Morgan fingerprint density at radius 1 is 1.31 bits per heavy atom. The minimum Gasteiger partial charge on any atom is -0.496 e. The Morgan fingerprint density at radius 3 is 2.81 bits per heavy atom. The van der Waals surface area contributed by atoms with Crippen LogP contribution in [0.2, 0.25) is 0 Å². The van der Waals surface area contributed by atoms with E-state index in [1.807, 2.05) is 12.1 Å². The molecule has 0 radical (unpaired) electrons. The van der Waals surface area contributed by atoms with Gasteiger partial charge in [-0.1, -0.05) is 25.1 Å². The second-order valence-corrected chi connectivity index (χ2v) is 4.81. The van der Waals surface area contributed by atoms with Crippen molar-refractivity contribution in [2.24, 2.45) is 5.92 Å². The zero-order valence-electron chi connectivity index (χ0n) is 10.2. The van der Waals surface area contributed by atoms with Gasteiger partial charge in [-0.25, -0.2) is 0 Å². The van der Waals surface area contributed by atoms with Gasteiger partial charge < -0.3 is 10.1 Å². The van der Waals surface area contributed by atoms with E-state index in [4.69, 9.17) is 4.74 Å². The lowest BCUT2D eigenvalue weighted by Gasteiger charge is -2.14. The fourth-order valence-corrected chi connectivity index (χ4v) is 2.50. The highest BCUT2D eigenvalue weighted by molar-refractivity contribution is 5.33. The van der Waals surface area contributed by atoms with E-state index in [0.717, 1.165) is 18.2 Å². The van der Waals surface area contributed by atoms with E-state index in [1.165, 1.54) is 24.8 Å². The van der Waals surface area contributed by atoms with Crippen LogP contribution in [0.4, 0.5) is 0 Å². The fourth-order valence-electron chi connectivity index (χ4n) is 2.50. The van der Waals surface area contributed by atoms with Crippen LogP contribution in [0, 0.1) is 5.92 Å². The number of hydrogen-bond donors (Lipinski definition) is 1. The SMILES string of the molecule is COc1ccccc1CN[C@@H]1CC[C@@H](C)C1. The number of hydrogen-bond acceptors (Lipinski definition) is 2. The van der Waals surface area contributed by atoms with Crippen molar-refractivity contribution >= 4 is 0 Å². The van der Waals surface area contributed by atoms with Crippen molar-refractivity contribution in [1.29, 1.82) is 0 Å². The van der Waals surface area contributed by atoms with Crippen molar-refractivity contribution in [2.45, 2.75) is 38.8 Å². The molecule has 0 saturated heterocycles. The van der Waals surface area contributed by atoms with Crippen LogP contribution in [0.15, 0.2) is 24.3 Å². The summed E-state index contributed by atoms with van der Waals surface area (Å²) >= 11 is 0. The van der Waals surface area contributed by atoms with Crippen molar-refractivity contribution < 1.29 is 4.74 Å². The molecule has 0 bridgehead atoms. The summed E-state index contributed by atoms with van der Waals surface area (Å²) in [5.41, 5.74) is 1.25. The summed E-state index contributed by atoms with van der Waals surface area (Å²) in [5.74, 6) is 1.87. The van der Waals surface area contributed by atoms with E-state index >= 15 is 0 Å². The molecule has 2 atom stereocenters. The average Bonchev–Trinajstić information content (AvgIpc) is 2.73. The van der Waals surface area contributed by atoms with Crippen LogP contribution in [0.5, 0.6) is 5.75 Å². The predicted molar refractivity (Wildman–Crippen MR) is 66.6 cm³/mol. The first-order chi connectivity index (χ1) is 7.79. The third-order valence-corrected chi connectivity index (χ3v) is 3.47. The number of rotatable bonds is 4. The molecule has 0 amide bonds. The third kappa shape index (κ3) is 2.76. The molecule has 1 N–H and O–H groups in total. The largest absolute Gasteiger partial charge is 0.496 e. The summed E-state index contributed by atoms with van der Waals surface area (Å²) in [7, 11) is 1.73. The molecule has 2 nitrogen and oxygen atoms in total. The molecule has 2 heteroatoms. The summed E-state index contributed by atoms with van der Waals surface area (Å²) < 4.78 is 5.34. The van der Waals surface area contributed by atoms with Gasteiger partial charge in [-0.3, -0.25) is 0 Å². The molecule has 88 valence electrons. The summed E-state index contributed by atoms with van der Waals surface area (Å²) in [4.78, 5) is 0. The summed E-state index contributed by atoms with van der Waals surface area (Å²) in [5, 5.41) is 3.62. The minimum absolute atomic E-state index is 0.694. The van der Waals surface area contributed by atoms with Gasteiger partial charge in [-0.05, 0) is 31.2 Å². The quantitative estimate of drug-likeness (QED) is 0.840. The van der Waals surface area contributed by atoms with Crippen molar-refractivity contribution in [1.82, 2.24) is 5.32 Å². The van der Waals surface area contributed by atoms with Crippen molar-refractivity contribution in [3.8, 4) is 5.75 Å². The Morgan fingerprint density at radius 2 is 2.12 bits per heavy atom. The Kier molecular flexibility index (Phi) is 3.83. The Bertz CT molecular complexity index is 337. The van der Waals surface area contributed by atoms with Crippen LogP contribution in [0.1, 0.15) is 31.7 Å². The number of benzene rings is 1. The van der Waals surface area contributed by atoms with E-state index in [9.17, 15) is 0 Å². The van der Waals surface area contributed by atoms with Crippen LogP contribution >= 0.6 is 0 Å². The number of methoxy groups -OCH3 is 1. The highest BCUT2D eigenvalue weighted by Gasteiger charge is 2.20. The molecule has 1 aliphatic carbocycles. The summed E-state index contributed by atoms with van der Waals surface area (Å²) in [6.45, 7) is 3.26. The van der Waals surface area contributed by atoms with Gasteiger partial charge in [0.1, 0.15) is 5.75 Å². The molecule has 0 heterocycles. The summed E-state index contributed by atoms with van der Waals surface area (Å²) in [6.07, 6.45) is 4.00. The highest BCUT2D eigenvalue weighted by Crippen LogP contribution is 2.25. The second kappa shape index (κ2) is 5.35. The van der Waals surface area contributed by atoms with Gasteiger partial charge in [0.15, 0.2) is 0 Å². The first kappa shape index (κ1) is 11.5. The van der Waals surface area contributed by atoms with Gasteiger partial charge in [-0.2, -0.15) is 0 Å². The van der Waals surface area contributed by atoms with Crippen LogP contribution < -0.4 is 10.1 Å². The lowest BCUT2D eigenvalue weighted by molar-refractivity contribution is 0.404. The molecule has 1 aromatic rings. The van der Waals surface area contributed by atoms with Crippen molar-refractivity contribution in [3.63, 3.8) is 0 Å². The molecular weight excluding hydrogens is 198 g/mol. The van der Waals surface area contributed by atoms with Gasteiger partial charge in [0.2, 0.25) is 0 Å². The van der Waals surface area contributed by atoms with Crippen LogP contribution in [0.3, 0.4) is 0 Å². The zero-order chi connectivity index (χ0) is 11.4. The number of para-hydroxylation sites is 1. The van der Waals surface area contributed by atoms with Gasteiger partial charge in [0.05, 0.1) is 7.11 Å². The van der Waals surface area contributed by atoms with Crippen molar-refractivity contribution in [2.75, 3.05) is 7.11 Å². The molecule has 1 saturated carbocycles.